The lowest BCUT2D eigenvalue weighted by molar-refractivity contribution is 0.100. The maximum atomic E-state index is 11.7. The van der Waals surface area contributed by atoms with Crippen LogP contribution in [0, 0.1) is 6.92 Å². The van der Waals surface area contributed by atoms with E-state index in [1.165, 1.54) is 0 Å². The van der Waals surface area contributed by atoms with E-state index >= 15 is 0 Å². The Balaban J connectivity index is 2.80. The fourth-order valence-corrected chi connectivity index (χ4v) is 1.39. The van der Waals surface area contributed by atoms with Crippen LogP contribution in [-0.2, 0) is 0 Å². The molecule has 0 aromatic heterocycles. The summed E-state index contributed by atoms with van der Waals surface area (Å²) in [4.78, 5) is 22.7. The molecule has 1 atom stereocenters. The molecule has 1 unspecified atom stereocenters. The van der Waals surface area contributed by atoms with Crippen LogP contribution in [0.15, 0.2) is 18.2 Å². The molecule has 0 aliphatic carbocycles. The molecular formula is C13H19N3O2. The lowest BCUT2D eigenvalue weighted by Gasteiger charge is -2.14. The average Bonchev–Trinajstić information content (AvgIpc) is 2.31. The summed E-state index contributed by atoms with van der Waals surface area (Å²) in [6.07, 6.45) is 0.855. The SMILES string of the molecule is CCC(C)NC(=O)Nc1cc(C(N)=O)ccc1C. The third-order valence-electron chi connectivity index (χ3n) is 2.76. The number of anilines is 1. The third kappa shape index (κ3) is 3.76. The van der Waals surface area contributed by atoms with Crippen LogP contribution in [0.3, 0.4) is 0 Å². The van der Waals surface area contributed by atoms with Gasteiger partial charge in [0.2, 0.25) is 5.91 Å². The summed E-state index contributed by atoms with van der Waals surface area (Å²) < 4.78 is 0. The largest absolute Gasteiger partial charge is 0.366 e. The van der Waals surface area contributed by atoms with Gasteiger partial charge in [-0.15, -0.1) is 0 Å². The number of primary amides is 1. The maximum absolute atomic E-state index is 11.7. The van der Waals surface area contributed by atoms with E-state index in [0.717, 1.165) is 12.0 Å². The molecule has 0 saturated carbocycles. The van der Waals surface area contributed by atoms with E-state index in [9.17, 15) is 9.59 Å². The van der Waals surface area contributed by atoms with Crippen molar-refractivity contribution >= 4 is 17.6 Å². The molecule has 0 spiro atoms. The summed E-state index contributed by atoms with van der Waals surface area (Å²) in [5, 5.41) is 5.50. The molecule has 0 aliphatic rings. The minimum Gasteiger partial charge on any atom is -0.366 e. The number of hydrogen-bond donors (Lipinski definition) is 3. The summed E-state index contributed by atoms with van der Waals surface area (Å²) >= 11 is 0. The van der Waals surface area contributed by atoms with Gasteiger partial charge in [-0.3, -0.25) is 4.79 Å². The number of benzene rings is 1. The van der Waals surface area contributed by atoms with Crippen molar-refractivity contribution in [3.05, 3.63) is 29.3 Å². The van der Waals surface area contributed by atoms with Gasteiger partial charge in [0.15, 0.2) is 0 Å². The third-order valence-corrected chi connectivity index (χ3v) is 2.76. The summed E-state index contributed by atoms with van der Waals surface area (Å²) in [7, 11) is 0. The van der Waals surface area contributed by atoms with Crippen molar-refractivity contribution in [3.8, 4) is 0 Å². The zero-order valence-electron chi connectivity index (χ0n) is 10.9. The minimum atomic E-state index is -0.514. The summed E-state index contributed by atoms with van der Waals surface area (Å²) in [6, 6.07) is 4.78. The van der Waals surface area contributed by atoms with E-state index in [2.05, 4.69) is 10.6 Å². The van der Waals surface area contributed by atoms with Gasteiger partial charge in [0.25, 0.3) is 0 Å². The topological polar surface area (TPSA) is 84.2 Å². The molecule has 18 heavy (non-hydrogen) atoms. The highest BCUT2D eigenvalue weighted by Crippen LogP contribution is 2.16. The molecular weight excluding hydrogens is 230 g/mol. The normalized spacial score (nSPS) is 11.7. The molecule has 1 aromatic rings. The van der Waals surface area contributed by atoms with Gasteiger partial charge in [-0.2, -0.15) is 0 Å². The van der Waals surface area contributed by atoms with Crippen molar-refractivity contribution in [2.24, 2.45) is 5.73 Å². The predicted octanol–water partition coefficient (Wildman–Crippen LogP) is 2.01. The Hall–Kier alpha value is -2.04. The first-order chi connectivity index (χ1) is 8.43. The summed E-state index contributed by atoms with van der Waals surface area (Å²) in [5.41, 5.74) is 7.04. The molecule has 4 N–H and O–H groups in total. The number of hydrogen-bond acceptors (Lipinski definition) is 2. The van der Waals surface area contributed by atoms with Crippen LogP contribution >= 0.6 is 0 Å². The maximum Gasteiger partial charge on any atom is 0.319 e. The molecule has 0 heterocycles. The minimum absolute atomic E-state index is 0.102. The number of nitrogens with two attached hydrogens (primary N) is 1. The highest BCUT2D eigenvalue weighted by Gasteiger charge is 2.09. The number of carbonyl (C=O) groups is 2. The first kappa shape index (κ1) is 14.0. The highest BCUT2D eigenvalue weighted by atomic mass is 16.2. The van der Waals surface area contributed by atoms with Gasteiger partial charge >= 0.3 is 6.03 Å². The number of nitrogens with one attached hydrogen (secondary N) is 2. The van der Waals surface area contributed by atoms with Crippen LogP contribution in [0.1, 0.15) is 36.2 Å². The molecule has 5 nitrogen and oxygen atoms in total. The summed E-state index contributed by atoms with van der Waals surface area (Å²) in [6.45, 7) is 5.76. The second kappa shape index (κ2) is 6.05. The van der Waals surface area contributed by atoms with Gasteiger partial charge in [-0.05, 0) is 38.0 Å². The van der Waals surface area contributed by atoms with Crippen LogP contribution in [0.4, 0.5) is 10.5 Å². The van der Waals surface area contributed by atoms with Gasteiger partial charge in [-0.1, -0.05) is 13.0 Å². The van der Waals surface area contributed by atoms with Gasteiger partial charge in [0.1, 0.15) is 0 Å². The molecule has 0 aliphatic heterocycles. The lowest BCUT2D eigenvalue weighted by Crippen LogP contribution is -2.35. The molecule has 0 bridgehead atoms. The second-order valence-corrected chi connectivity index (χ2v) is 4.30. The van der Waals surface area contributed by atoms with Crippen molar-refractivity contribution in [2.45, 2.75) is 33.2 Å². The van der Waals surface area contributed by atoms with Gasteiger partial charge in [0.05, 0.1) is 0 Å². The Labute approximate surface area is 107 Å². The molecule has 98 valence electrons. The van der Waals surface area contributed by atoms with E-state index in [1.807, 2.05) is 20.8 Å². The second-order valence-electron chi connectivity index (χ2n) is 4.30. The number of amides is 3. The van der Waals surface area contributed by atoms with Gasteiger partial charge in [-0.25, -0.2) is 4.79 Å². The van der Waals surface area contributed by atoms with Crippen LogP contribution < -0.4 is 16.4 Å². The Kier molecular flexibility index (Phi) is 4.71. The molecule has 3 amide bonds. The number of aryl methyl sites for hydroxylation is 1. The molecule has 0 fully saturated rings. The average molecular weight is 249 g/mol. The molecule has 0 radical (unpaired) electrons. The molecule has 1 aromatic carbocycles. The van der Waals surface area contributed by atoms with Crippen LogP contribution in [0.5, 0.6) is 0 Å². The van der Waals surface area contributed by atoms with E-state index in [0.29, 0.717) is 11.3 Å². The Morgan fingerprint density at radius 1 is 1.39 bits per heavy atom. The number of carbonyl (C=O) groups excluding carboxylic acids is 2. The lowest BCUT2D eigenvalue weighted by atomic mass is 10.1. The van der Waals surface area contributed by atoms with Crippen molar-refractivity contribution in [1.82, 2.24) is 5.32 Å². The fraction of sp³-hybridized carbons (Fsp3) is 0.385. The van der Waals surface area contributed by atoms with Crippen LogP contribution in [-0.4, -0.2) is 18.0 Å². The van der Waals surface area contributed by atoms with Gasteiger partial charge < -0.3 is 16.4 Å². The van der Waals surface area contributed by atoms with Crippen molar-refractivity contribution < 1.29 is 9.59 Å². The van der Waals surface area contributed by atoms with E-state index < -0.39 is 5.91 Å². The first-order valence-corrected chi connectivity index (χ1v) is 5.92. The highest BCUT2D eigenvalue weighted by molar-refractivity contribution is 5.96. The monoisotopic (exact) mass is 249 g/mol. The Morgan fingerprint density at radius 2 is 2.06 bits per heavy atom. The van der Waals surface area contributed by atoms with Crippen molar-refractivity contribution in [2.75, 3.05) is 5.32 Å². The fourth-order valence-electron chi connectivity index (χ4n) is 1.39. The Morgan fingerprint density at radius 3 is 2.61 bits per heavy atom. The Bertz CT molecular complexity index is 458. The van der Waals surface area contributed by atoms with Crippen LogP contribution in [0.2, 0.25) is 0 Å². The standard InChI is InChI=1S/C13H19N3O2/c1-4-9(3)15-13(18)16-11-7-10(12(14)17)6-5-8(11)2/h5-7,9H,4H2,1-3H3,(H2,14,17)(H2,15,16,18). The van der Waals surface area contributed by atoms with Crippen molar-refractivity contribution in [3.63, 3.8) is 0 Å². The molecule has 5 heteroatoms. The molecule has 0 saturated heterocycles. The van der Waals surface area contributed by atoms with Gasteiger partial charge in [0, 0.05) is 17.3 Å². The van der Waals surface area contributed by atoms with E-state index in [-0.39, 0.29) is 12.1 Å². The van der Waals surface area contributed by atoms with Crippen molar-refractivity contribution in [1.29, 1.82) is 0 Å². The summed E-state index contributed by atoms with van der Waals surface area (Å²) in [5.74, 6) is -0.514. The molecule has 1 rings (SSSR count). The predicted molar refractivity (Wildman–Crippen MR) is 71.6 cm³/mol. The zero-order chi connectivity index (χ0) is 13.7. The van der Waals surface area contributed by atoms with E-state index in [4.69, 9.17) is 5.73 Å². The van der Waals surface area contributed by atoms with E-state index in [1.54, 1.807) is 18.2 Å². The van der Waals surface area contributed by atoms with Crippen LogP contribution in [0.25, 0.3) is 0 Å². The zero-order valence-corrected chi connectivity index (χ0v) is 10.9. The number of urea groups is 1. The quantitative estimate of drug-likeness (QED) is 0.762. The number of rotatable bonds is 4. The first-order valence-electron chi connectivity index (χ1n) is 5.92. The smallest absolute Gasteiger partial charge is 0.319 e.